The summed E-state index contributed by atoms with van der Waals surface area (Å²) in [5.41, 5.74) is 0.410. The van der Waals surface area contributed by atoms with Crippen LogP contribution in [0.3, 0.4) is 0 Å². The smallest absolute Gasteiger partial charge is 0.0990 e. The van der Waals surface area contributed by atoms with Crippen LogP contribution in [0, 0.1) is 29.1 Å². The first-order valence-corrected chi connectivity index (χ1v) is 7.91. The Balaban J connectivity index is 1.68. The minimum atomic E-state index is 0.410. The van der Waals surface area contributed by atoms with Crippen molar-refractivity contribution in [2.45, 2.75) is 50.4 Å². The van der Waals surface area contributed by atoms with Crippen LogP contribution in [-0.2, 0) is 11.8 Å². The number of hydrogen-bond donors (Lipinski definition) is 0. The van der Waals surface area contributed by atoms with Crippen LogP contribution in [0.2, 0.25) is 0 Å². The molecule has 5 rings (SSSR count). The van der Waals surface area contributed by atoms with Gasteiger partial charge in [-0.3, -0.25) is 0 Å². The highest BCUT2D eigenvalue weighted by atomic mass is 32.1. The predicted molar refractivity (Wildman–Crippen MR) is 71.3 cm³/mol. The molecule has 1 aromatic heterocycles. The van der Waals surface area contributed by atoms with Crippen molar-refractivity contribution in [3.63, 3.8) is 0 Å². The first-order valence-electron chi connectivity index (χ1n) is 7.09. The Hall–Kier alpha value is -0.880. The maximum atomic E-state index is 8.79. The van der Waals surface area contributed by atoms with Gasteiger partial charge in [-0.2, -0.15) is 5.26 Å². The molecule has 4 bridgehead atoms. The zero-order chi connectivity index (χ0) is 12.2. The lowest BCUT2D eigenvalue weighted by molar-refractivity contribution is -0.00527. The van der Waals surface area contributed by atoms with Crippen molar-refractivity contribution in [1.82, 2.24) is 4.98 Å². The molecule has 1 aromatic rings. The van der Waals surface area contributed by atoms with Crippen LogP contribution in [0.5, 0.6) is 0 Å². The van der Waals surface area contributed by atoms with Gasteiger partial charge >= 0.3 is 0 Å². The number of thiazole rings is 1. The van der Waals surface area contributed by atoms with Gasteiger partial charge < -0.3 is 0 Å². The second kappa shape index (κ2) is 3.81. The van der Waals surface area contributed by atoms with E-state index in [0.29, 0.717) is 11.8 Å². The molecule has 94 valence electrons. The van der Waals surface area contributed by atoms with E-state index in [1.165, 1.54) is 43.5 Å². The van der Waals surface area contributed by atoms with E-state index in [1.807, 2.05) is 17.5 Å². The van der Waals surface area contributed by atoms with E-state index in [4.69, 9.17) is 10.2 Å². The molecule has 18 heavy (non-hydrogen) atoms. The average Bonchev–Trinajstić information content (AvgIpc) is 2.77. The lowest BCUT2D eigenvalue weighted by Crippen LogP contribution is -2.48. The van der Waals surface area contributed by atoms with Gasteiger partial charge in [-0.15, -0.1) is 11.3 Å². The highest BCUT2D eigenvalue weighted by molar-refractivity contribution is 7.11. The summed E-state index contributed by atoms with van der Waals surface area (Å²) in [6.07, 6.45) is 11.0. The van der Waals surface area contributed by atoms with Crippen LogP contribution in [0.15, 0.2) is 6.20 Å². The van der Waals surface area contributed by atoms with Crippen LogP contribution >= 0.6 is 11.3 Å². The summed E-state index contributed by atoms with van der Waals surface area (Å²) in [7, 11) is 0. The summed E-state index contributed by atoms with van der Waals surface area (Å²) < 4.78 is 0. The summed E-state index contributed by atoms with van der Waals surface area (Å²) in [6, 6.07) is 2.24. The molecule has 1 heterocycles. The lowest BCUT2D eigenvalue weighted by Gasteiger charge is -2.56. The molecule has 4 fully saturated rings. The molecule has 0 N–H and O–H groups in total. The molecule has 0 radical (unpaired) electrons. The summed E-state index contributed by atoms with van der Waals surface area (Å²) in [6.45, 7) is 0. The average molecular weight is 258 g/mol. The third kappa shape index (κ3) is 1.55. The maximum Gasteiger partial charge on any atom is 0.0990 e. The first kappa shape index (κ1) is 11.0. The number of hydrogen-bond acceptors (Lipinski definition) is 3. The van der Waals surface area contributed by atoms with Gasteiger partial charge in [0.25, 0.3) is 0 Å². The maximum absolute atomic E-state index is 8.79. The monoisotopic (exact) mass is 258 g/mol. The van der Waals surface area contributed by atoms with Crippen LogP contribution in [0.4, 0.5) is 0 Å². The van der Waals surface area contributed by atoms with Crippen molar-refractivity contribution in [3.8, 4) is 6.07 Å². The molecular weight excluding hydrogens is 240 g/mol. The van der Waals surface area contributed by atoms with Gasteiger partial charge in [0.2, 0.25) is 0 Å². The van der Waals surface area contributed by atoms with Crippen molar-refractivity contribution in [2.24, 2.45) is 17.8 Å². The van der Waals surface area contributed by atoms with Gasteiger partial charge in [-0.1, -0.05) is 0 Å². The Morgan fingerprint density at radius 1 is 1.22 bits per heavy atom. The SMILES string of the molecule is N#CCc1cnc(C23CC4CC(CC(C4)C2)C3)s1. The molecule has 0 saturated heterocycles. The van der Waals surface area contributed by atoms with Crippen molar-refractivity contribution >= 4 is 11.3 Å². The zero-order valence-corrected chi connectivity index (χ0v) is 11.4. The van der Waals surface area contributed by atoms with Crippen molar-refractivity contribution in [3.05, 3.63) is 16.1 Å². The summed E-state index contributed by atoms with van der Waals surface area (Å²) in [5.74, 6) is 2.92. The van der Waals surface area contributed by atoms with E-state index in [2.05, 4.69) is 6.07 Å². The summed E-state index contributed by atoms with van der Waals surface area (Å²) >= 11 is 1.81. The highest BCUT2D eigenvalue weighted by Gasteiger charge is 2.52. The topological polar surface area (TPSA) is 36.7 Å². The molecule has 0 spiro atoms. The Bertz CT molecular complexity index is 476. The van der Waals surface area contributed by atoms with Crippen molar-refractivity contribution in [2.75, 3.05) is 0 Å². The molecule has 4 aliphatic rings. The number of rotatable bonds is 2. The Kier molecular flexibility index (Phi) is 2.32. The molecule has 2 nitrogen and oxygen atoms in total. The summed E-state index contributed by atoms with van der Waals surface area (Å²) in [5, 5.41) is 10.1. The highest BCUT2D eigenvalue weighted by Crippen LogP contribution is 2.61. The van der Waals surface area contributed by atoms with Gasteiger partial charge in [0.15, 0.2) is 0 Å². The zero-order valence-electron chi connectivity index (χ0n) is 10.6. The van der Waals surface area contributed by atoms with Crippen LogP contribution < -0.4 is 0 Å². The van der Waals surface area contributed by atoms with Gasteiger partial charge in [0.1, 0.15) is 0 Å². The van der Waals surface area contributed by atoms with Gasteiger partial charge in [0.05, 0.1) is 17.5 Å². The van der Waals surface area contributed by atoms with Gasteiger partial charge in [0, 0.05) is 16.5 Å². The minimum Gasteiger partial charge on any atom is -0.249 e. The number of aromatic nitrogens is 1. The second-order valence-corrected chi connectivity index (χ2v) is 7.78. The Morgan fingerprint density at radius 2 is 1.83 bits per heavy atom. The third-order valence-electron chi connectivity index (χ3n) is 5.30. The fourth-order valence-corrected chi connectivity index (χ4v) is 6.15. The standard InChI is InChI=1S/C15H18N2S/c16-2-1-13-9-17-14(18-13)15-6-10-3-11(7-15)5-12(4-10)8-15/h9-12H,1,3-8H2. The normalized spacial score (nSPS) is 40.9. The summed E-state index contributed by atoms with van der Waals surface area (Å²) in [4.78, 5) is 5.85. The minimum absolute atomic E-state index is 0.410. The second-order valence-electron chi connectivity index (χ2n) is 6.66. The van der Waals surface area contributed by atoms with Crippen molar-refractivity contribution in [1.29, 1.82) is 5.26 Å². The quantitative estimate of drug-likeness (QED) is 0.811. The fraction of sp³-hybridized carbons (Fsp3) is 0.733. The van der Waals surface area contributed by atoms with E-state index >= 15 is 0 Å². The molecule has 0 aromatic carbocycles. The number of nitrogens with zero attached hydrogens (tertiary/aromatic N) is 2. The van der Waals surface area contributed by atoms with Gasteiger partial charge in [-0.05, 0) is 56.3 Å². The van der Waals surface area contributed by atoms with E-state index in [-0.39, 0.29) is 0 Å². The van der Waals surface area contributed by atoms with Crippen LogP contribution in [-0.4, -0.2) is 4.98 Å². The predicted octanol–water partition coefficient (Wildman–Crippen LogP) is 3.68. The third-order valence-corrected chi connectivity index (χ3v) is 6.54. The van der Waals surface area contributed by atoms with Crippen molar-refractivity contribution < 1.29 is 0 Å². The van der Waals surface area contributed by atoms with Crippen LogP contribution in [0.1, 0.15) is 48.4 Å². The van der Waals surface area contributed by atoms with Gasteiger partial charge in [-0.25, -0.2) is 4.98 Å². The molecule has 3 heteroatoms. The van der Waals surface area contributed by atoms with E-state index in [0.717, 1.165) is 22.6 Å². The largest absolute Gasteiger partial charge is 0.249 e. The molecular formula is C15H18N2S. The first-order chi connectivity index (χ1) is 8.77. The molecule has 0 unspecified atom stereocenters. The molecule has 4 aliphatic carbocycles. The molecule has 4 saturated carbocycles. The fourth-order valence-electron chi connectivity index (χ4n) is 5.08. The molecule has 0 amide bonds. The lowest BCUT2D eigenvalue weighted by atomic mass is 9.50. The molecule has 0 atom stereocenters. The Morgan fingerprint density at radius 3 is 2.39 bits per heavy atom. The Labute approximate surface area is 112 Å². The van der Waals surface area contributed by atoms with E-state index in [1.54, 1.807) is 0 Å². The van der Waals surface area contributed by atoms with Crippen LogP contribution in [0.25, 0.3) is 0 Å². The molecule has 0 aliphatic heterocycles. The van der Waals surface area contributed by atoms with E-state index in [9.17, 15) is 0 Å². The number of nitriles is 1. The van der Waals surface area contributed by atoms with E-state index < -0.39 is 0 Å².